The molecule has 0 amide bonds. The van der Waals surface area contributed by atoms with Gasteiger partial charge >= 0.3 is 0 Å². The van der Waals surface area contributed by atoms with E-state index in [1.807, 2.05) is 0 Å². The first-order valence-electron chi connectivity index (χ1n) is 9.86. The fraction of sp³-hybridized carbons (Fsp3) is 0.167. The normalized spacial score (nSPS) is 11.4. The van der Waals surface area contributed by atoms with E-state index in [0.29, 0.717) is 33.4 Å². The minimum absolute atomic E-state index is 0.0299. The largest absolute Gasteiger partial charge is 0.493 e. The lowest BCUT2D eigenvalue weighted by Gasteiger charge is -2.14. The quantitative estimate of drug-likeness (QED) is 0.386. The standard InChI is InChI=1S/C24H23ClFNO6S/c1-30-21-13-16(14-22(31-2)24(21)33-4)6-5-15-11-19(26)23(32-3)20(12-15)27-34(28,29)18-9-7-17(25)8-10-18/h5-14,27H,1-4H3/b6-5-. The molecule has 34 heavy (non-hydrogen) atoms. The van der Waals surface area contributed by atoms with Crippen LogP contribution in [0.4, 0.5) is 10.1 Å². The van der Waals surface area contributed by atoms with E-state index in [1.54, 1.807) is 24.3 Å². The van der Waals surface area contributed by atoms with Gasteiger partial charge in [-0.25, -0.2) is 12.8 Å². The summed E-state index contributed by atoms with van der Waals surface area (Å²) >= 11 is 5.84. The summed E-state index contributed by atoms with van der Waals surface area (Å²) < 4.78 is 63.8. The van der Waals surface area contributed by atoms with E-state index in [0.717, 1.165) is 0 Å². The molecule has 0 bridgehead atoms. The van der Waals surface area contributed by atoms with Crippen LogP contribution >= 0.6 is 11.6 Å². The molecule has 0 saturated heterocycles. The van der Waals surface area contributed by atoms with Crippen molar-refractivity contribution in [2.45, 2.75) is 4.90 Å². The second kappa shape index (κ2) is 10.7. The Balaban J connectivity index is 1.98. The SMILES string of the molecule is COc1cc(/C=C\c2cc(F)c(OC)c(NS(=O)(=O)c3ccc(Cl)cc3)c2)cc(OC)c1OC. The van der Waals surface area contributed by atoms with Crippen LogP contribution in [-0.2, 0) is 10.0 Å². The third kappa shape index (κ3) is 5.55. The zero-order valence-electron chi connectivity index (χ0n) is 18.9. The lowest BCUT2D eigenvalue weighted by atomic mass is 10.1. The average Bonchev–Trinajstić information content (AvgIpc) is 2.81. The van der Waals surface area contributed by atoms with Crippen molar-refractivity contribution in [2.24, 2.45) is 0 Å². The smallest absolute Gasteiger partial charge is 0.262 e. The van der Waals surface area contributed by atoms with Crippen LogP contribution in [0.2, 0.25) is 5.02 Å². The van der Waals surface area contributed by atoms with Crippen molar-refractivity contribution in [1.82, 2.24) is 0 Å². The van der Waals surface area contributed by atoms with Crippen LogP contribution in [0.25, 0.3) is 12.2 Å². The topological polar surface area (TPSA) is 83.1 Å². The van der Waals surface area contributed by atoms with E-state index >= 15 is 0 Å². The highest BCUT2D eigenvalue weighted by atomic mass is 35.5. The van der Waals surface area contributed by atoms with Gasteiger partial charge in [0, 0.05) is 5.02 Å². The van der Waals surface area contributed by atoms with E-state index in [4.69, 9.17) is 30.5 Å². The number of halogens is 2. The molecule has 0 aliphatic carbocycles. The number of hydrogen-bond acceptors (Lipinski definition) is 6. The summed E-state index contributed by atoms with van der Waals surface area (Å²) in [6, 6.07) is 11.7. The monoisotopic (exact) mass is 507 g/mol. The van der Waals surface area contributed by atoms with Crippen LogP contribution in [0.5, 0.6) is 23.0 Å². The number of anilines is 1. The Bertz CT molecular complexity index is 1280. The van der Waals surface area contributed by atoms with Crippen LogP contribution < -0.4 is 23.7 Å². The number of benzene rings is 3. The number of rotatable bonds is 9. The lowest BCUT2D eigenvalue weighted by Crippen LogP contribution is -2.14. The first-order chi connectivity index (χ1) is 16.2. The molecule has 0 radical (unpaired) electrons. The Morgan fingerprint density at radius 1 is 0.794 bits per heavy atom. The van der Waals surface area contributed by atoms with E-state index in [2.05, 4.69) is 4.72 Å². The number of ether oxygens (including phenoxy) is 4. The molecule has 0 saturated carbocycles. The van der Waals surface area contributed by atoms with Crippen molar-refractivity contribution in [1.29, 1.82) is 0 Å². The van der Waals surface area contributed by atoms with Gasteiger partial charge in [0.2, 0.25) is 5.75 Å². The maximum atomic E-state index is 14.7. The van der Waals surface area contributed by atoms with Crippen molar-refractivity contribution in [3.63, 3.8) is 0 Å². The summed E-state index contributed by atoms with van der Waals surface area (Å²) in [6.45, 7) is 0. The Kier molecular flexibility index (Phi) is 7.90. The summed E-state index contributed by atoms with van der Waals surface area (Å²) in [4.78, 5) is -0.0299. The van der Waals surface area contributed by atoms with Gasteiger partial charge in [-0.2, -0.15) is 0 Å². The third-order valence-corrected chi connectivity index (χ3v) is 6.43. The zero-order valence-corrected chi connectivity index (χ0v) is 20.5. The molecule has 0 spiro atoms. The molecule has 0 fully saturated rings. The molecule has 3 aromatic carbocycles. The lowest BCUT2D eigenvalue weighted by molar-refractivity contribution is 0.324. The molecule has 3 rings (SSSR count). The molecule has 3 aromatic rings. The minimum Gasteiger partial charge on any atom is -0.493 e. The molecule has 10 heteroatoms. The van der Waals surface area contributed by atoms with Gasteiger partial charge in [0.1, 0.15) is 0 Å². The van der Waals surface area contributed by atoms with Gasteiger partial charge in [-0.05, 0) is 59.7 Å². The molecule has 0 aromatic heterocycles. The number of sulfonamides is 1. The molecular weight excluding hydrogens is 485 g/mol. The summed E-state index contributed by atoms with van der Waals surface area (Å²) in [5.41, 5.74) is 1.02. The van der Waals surface area contributed by atoms with Crippen molar-refractivity contribution in [3.05, 3.63) is 70.5 Å². The maximum Gasteiger partial charge on any atom is 0.262 e. The van der Waals surface area contributed by atoms with Crippen LogP contribution in [-0.4, -0.2) is 36.9 Å². The fourth-order valence-corrected chi connectivity index (χ4v) is 4.38. The fourth-order valence-electron chi connectivity index (χ4n) is 3.20. The van der Waals surface area contributed by atoms with Gasteiger partial charge in [0.05, 0.1) is 39.0 Å². The molecule has 0 atom stereocenters. The van der Waals surface area contributed by atoms with Crippen LogP contribution in [0.3, 0.4) is 0 Å². The van der Waals surface area contributed by atoms with Gasteiger partial charge in [-0.3, -0.25) is 4.72 Å². The maximum absolute atomic E-state index is 14.7. The Morgan fingerprint density at radius 2 is 1.32 bits per heavy atom. The van der Waals surface area contributed by atoms with Crippen molar-refractivity contribution in [2.75, 3.05) is 33.2 Å². The van der Waals surface area contributed by atoms with E-state index in [-0.39, 0.29) is 16.3 Å². The molecular formula is C24H23ClFNO6S. The Morgan fingerprint density at radius 3 is 1.82 bits per heavy atom. The van der Waals surface area contributed by atoms with Gasteiger partial charge in [0.25, 0.3) is 10.0 Å². The van der Waals surface area contributed by atoms with Gasteiger partial charge in [0.15, 0.2) is 23.1 Å². The highest BCUT2D eigenvalue weighted by Crippen LogP contribution is 2.39. The minimum atomic E-state index is -4.02. The highest BCUT2D eigenvalue weighted by molar-refractivity contribution is 7.92. The molecule has 0 aliphatic rings. The summed E-state index contributed by atoms with van der Waals surface area (Å²) in [5.74, 6) is 0.389. The van der Waals surface area contributed by atoms with Gasteiger partial charge < -0.3 is 18.9 Å². The summed E-state index contributed by atoms with van der Waals surface area (Å²) in [5, 5.41) is 0.390. The molecule has 1 N–H and O–H groups in total. The number of hydrogen-bond donors (Lipinski definition) is 1. The third-order valence-electron chi connectivity index (χ3n) is 4.79. The predicted octanol–water partition coefficient (Wildman–Crippen LogP) is 5.48. The second-order valence-electron chi connectivity index (χ2n) is 6.93. The second-order valence-corrected chi connectivity index (χ2v) is 9.05. The predicted molar refractivity (Wildman–Crippen MR) is 130 cm³/mol. The average molecular weight is 508 g/mol. The van der Waals surface area contributed by atoms with Gasteiger partial charge in [-0.15, -0.1) is 0 Å². The number of nitrogens with one attached hydrogen (secondary N) is 1. The number of methoxy groups -OCH3 is 4. The highest BCUT2D eigenvalue weighted by Gasteiger charge is 2.19. The van der Waals surface area contributed by atoms with Crippen LogP contribution in [0.15, 0.2) is 53.4 Å². The first kappa shape index (κ1) is 25.2. The summed E-state index contributed by atoms with van der Waals surface area (Å²) in [6.07, 6.45) is 3.31. The summed E-state index contributed by atoms with van der Waals surface area (Å²) in [7, 11) is 1.75. The zero-order chi connectivity index (χ0) is 24.9. The van der Waals surface area contributed by atoms with Crippen molar-refractivity contribution in [3.8, 4) is 23.0 Å². The first-order valence-corrected chi connectivity index (χ1v) is 11.7. The Labute approximate surface area is 202 Å². The van der Waals surface area contributed by atoms with Gasteiger partial charge in [-0.1, -0.05) is 23.8 Å². The van der Waals surface area contributed by atoms with E-state index < -0.39 is 15.8 Å². The van der Waals surface area contributed by atoms with E-state index in [9.17, 15) is 12.8 Å². The molecule has 180 valence electrons. The van der Waals surface area contributed by atoms with Crippen molar-refractivity contribution >= 4 is 39.5 Å². The van der Waals surface area contributed by atoms with E-state index in [1.165, 1.54) is 64.8 Å². The Hall–Kier alpha value is -3.43. The van der Waals surface area contributed by atoms with Crippen LogP contribution in [0.1, 0.15) is 11.1 Å². The molecule has 0 heterocycles. The molecule has 0 aliphatic heterocycles. The molecule has 7 nitrogen and oxygen atoms in total. The van der Waals surface area contributed by atoms with Crippen LogP contribution in [0, 0.1) is 5.82 Å². The molecule has 0 unspecified atom stereocenters. The van der Waals surface area contributed by atoms with Crippen molar-refractivity contribution < 1.29 is 31.8 Å².